The van der Waals surface area contributed by atoms with Crippen LogP contribution in [0.5, 0.6) is 0 Å². The van der Waals surface area contributed by atoms with Crippen LogP contribution in [-0.2, 0) is 9.59 Å². The Morgan fingerprint density at radius 1 is 0.508 bits per heavy atom. The molecule has 3 saturated heterocycles. The van der Waals surface area contributed by atoms with Crippen molar-refractivity contribution in [3.63, 3.8) is 0 Å². The number of hydrogen-bond acceptors (Lipinski definition) is 9. The number of anilines is 2. The second-order valence-corrected chi connectivity index (χ2v) is 16.1. The number of amides is 2. The molecular weight excluding hydrogens is 891 g/mol. The number of carbonyl (C=O) groups excluding carboxylic acids is 2. The third-order valence-electron chi connectivity index (χ3n) is 12.6. The summed E-state index contributed by atoms with van der Waals surface area (Å²) in [5.74, 6) is -2.38. The van der Waals surface area contributed by atoms with Gasteiger partial charge in [0.05, 0.1) is 33.4 Å². The molecule has 3 aromatic carbocycles. The number of halogens is 7. The lowest BCUT2D eigenvalue weighted by Gasteiger charge is -2.32. The fourth-order valence-corrected chi connectivity index (χ4v) is 10.1. The van der Waals surface area contributed by atoms with Crippen LogP contribution in [0.15, 0.2) is 61.2 Å². The molecule has 310 valence electrons. The minimum atomic E-state index is -4.82. The first-order chi connectivity index (χ1) is 27.6. The van der Waals surface area contributed by atoms with Crippen LogP contribution in [0.4, 0.5) is 37.7 Å². The van der Waals surface area contributed by atoms with E-state index in [-0.39, 0.29) is 73.8 Å². The molecule has 5 heterocycles. The summed E-state index contributed by atoms with van der Waals surface area (Å²) in [6.07, 6.45) is -0.0592. The molecule has 6 unspecified atom stereocenters. The largest absolute Gasteiger partial charge is 0.471 e. The Kier molecular flexibility index (Phi) is 10.6. The maximum Gasteiger partial charge on any atom is 0.471 e. The molecule has 3 aliphatic heterocycles. The zero-order chi connectivity index (χ0) is 40.7. The highest BCUT2D eigenvalue weighted by atomic mass is 127. The first kappa shape index (κ1) is 40.9. The molecule has 11 nitrogen and oxygen atoms in total. The van der Waals surface area contributed by atoms with Gasteiger partial charge in [-0.2, -0.15) is 26.3 Å². The van der Waals surface area contributed by atoms with Crippen LogP contribution in [0, 0.1) is 0 Å². The highest BCUT2D eigenvalue weighted by molar-refractivity contribution is 14.0. The summed E-state index contributed by atoms with van der Waals surface area (Å²) < 4.78 is 75.6. The van der Waals surface area contributed by atoms with Crippen LogP contribution in [0.3, 0.4) is 0 Å². The smallest absolute Gasteiger partial charge is 0.397 e. The number of nitrogens with one attached hydrogen (secondary N) is 1. The van der Waals surface area contributed by atoms with Gasteiger partial charge in [0.15, 0.2) is 0 Å². The average Bonchev–Trinajstić information content (AvgIpc) is 3.70. The Balaban J connectivity index is 0.000000123. The van der Waals surface area contributed by atoms with E-state index in [0.717, 1.165) is 80.1 Å². The number of carbonyl (C=O) groups is 2. The lowest BCUT2D eigenvalue weighted by atomic mass is 9.95. The topological polar surface area (TPSA) is 156 Å². The van der Waals surface area contributed by atoms with Crippen molar-refractivity contribution in [2.75, 3.05) is 50.7 Å². The van der Waals surface area contributed by atoms with E-state index in [9.17, 15) is 35.9 Å². The van der Waals surface area contributed by atoms with Crippen molar-refractivity contribution in [1.29, 1.82) is 0 Å². The van der Waals surface area contributed by atoms with Gasteiger partial charge in [0.1, 0.15) is 0 Å². The summed E-state index contributed by atoms with van der Waals surface area (Å²) >= 11 is 0. The molecule has 6 bridgehead atoms. The molecule has 0 saturated carbocycles. The van der Waals surface area contributed by atoms with Gasteiger partial charge in [-0.05, 0) is 101 Å². The van der Waals surface area contributed by atoms with Crippen molar-refractivity contribution >= 4 is 69.2 Å². The van der Waals surface area contributed by atoms with Gasteiger partial charge in [0.25, 0.3) is 0 Å². The number of benzene rings is 3. The standard InChI is InChI=1S/C15H12F3N3O.C13H14F3N3O.C13H13N3.HI/c16-15(17,18)14(22)21-6-8-3-9(7-21)11-5-13-12(4-10(8)11)19-1-2-20-13;14-13(15,16)12(20)19-4-6-1-7(5-19)9-3-11(18)10(17)2-8(6)9;1-2-16-13-5-11-9-3-8(6-14-7-9)10(11)4-12(13)15-1;/h1-2,4-5,8-9H,3,6-7H2;2-3,6-7H,1,4-5,17-18H2;1-2,4-5,8-9,14H,3,6-7H2;1H. The molecule has 5 N–H and O–H groups in total. The number of nitrogen functional groups attached to an aromatic ring is 2. The molecule has 2 amide bonds. The lowest BCUT2D eigenvalue weighted by Crippen LogP contribution is -2.46. The van der Waals surface area contributed by atoms with Crippen LogP contribution in [-0.4, -0.2) is 93.2 Å². The molecule has 59 heavy (non-hydrogen) atoms. The van der Waals surface area contributed by atoms with Gasteiger partial charge in [0, 0.05) is 87.7 Å². The van der Waals surface area contributed by atoms with Gasteiger partial charge in [-0.15, -0.1) is 24.0 Å². The molecular formula is C41H40F6IN9O2. The molecule has 3 aliphatic carbocycles. The second-order valence-electron chi connectivity index (χ2n) is 16.1. The first-order valence-electron chi connectivity index (χ1n) is 19.2. The lowest BCUT2D eigenvalue weighted by molar-refractivity contribution is -0.186. The number of likely N-dealkylation sites (tertiary alicyclic amines) is 2. The Labute approximate surface area is 351 Å². The molecule has 0 spiro atoms. The monoisotopic (exact) mass is 931 g/mol. The van der Waals surface area contributed by atoms with E-state index in [0.29, 0.717) is 23.2 Å². The predicted molar refractivity (Wildman–Crippen MR) is 218 cm³/mol. The zero-order valence-electron chi connectivity index (χ0n) is 31.4. The van der Waals surface area contributed by atoms with Crippen LogP contribution in [0.2, 0.25) is 0 Å². The van der Waals surface area contributed by atoms with Crippen molar-refractivity contribution in [2.45, 2.75) is 67.1 Å². The van der Waals surface area contributed by atoms with E-state index in [1.54, 1.807) is 36.9 Å². The molecule has 6 atom stereocenters. The quantitative estimate of drug-likeness (QED) is 0.0859. The molecule has 5 aromatic rings. The van der Waals surface area contributed by atoms with E-state index < -0.39 is 24.2 Å². The van der Waals surface area contributed by atoms with Gasteiger partial charge < -0.3 is 26.6 Å². The number of piperidine rings is 3. The third-order valence-corrected chi connectivity index (χ3v) is 12.6. The highest BCUT2D eigenvalue weighted by Gasteiger charge is 2.49. The highest BCUT2D eigenvalue weighted by Crippen LogP contribution is 2.49. The first-order valence-corrected chi connectivity index (χ1v) is 19.2. The molecule has 6 aliphatic rings. The van der Waals surface area contributed by atoms with E-state index >= 15 is 0 Å². The van der Waals surface area contributed by atoms with Crippen molar-refractivity contribution < 1.29 is 35.9 Å². The average molecular weight is 932 g/mol. The minimum Gasteiger partial charge on any atom is -0.397 e. The van der Waals surface area contributed by atoms with Gasteiger partial charge in [0.2, 0.25) is 0 Å². The van der Waals surface area contributed by atoms with Crippen molar-refractivity contribution in [1.82, 2.24) is 35.1 Å². The SMILES string of the molecule is I.Nc1cc2c(cc1N)C1CC2CN(C(=O)C(F)(F)F)C1.O=C(N1CC2CC(C1)c1cc3nccnc3cc12)C(F)(F)F.c1cnc2cc3c(cc2n1)C1CNCC3C1. The fraction of sp³-hybridized carbons (Fsp3) is 0.415. The maximum atomic E-state index is 12.7. The normalized spacial score (nSPS) is 24.5. The Bertz CT molecular complexity index is 2330. The summed E-state index contributed by atoms with van der Waals surface area (Å²) in [6, 6.07) is 11.8. The molecule has 3 fully saturated rings. The maximum absolute atomic E-state index is 12.7. The van der Waals surface area contributed by atoms with Crippen LogP contribution >= 0.6 is 24.0 Å². The minimum absolute atomic E-state index is 0. The van der Waals surface area contributed by atoms with Crippen LogP contribution in [0.1, 0.15) is 88.2 Å². The Morgan fingerprint density at radius 3 is 1.08 bits per heavy atom. The number of aromatic nitrogens is 4. The summed E-state index contributed by atoms with van der Waals surface area (Å²) in [7, 11) is 0. The fourth-order valence-electron chi connectivity index (χ4n) is 10.1. The summed E-state index contributed by atoms with van der Waals surface area (Å²) in [5.41, 5.74) is 22.8. The van der Waals surface area contributed by atoms with E-state index in [2.05, 4.69) is 37.4 Å². The number of fused-ring (bicyclic) bond motifs is 17. The van der Waals surface area contributed by atoms with Crippen LogP contribution < -0.4 is 16.8 Å². The number of nitrogens with zero attached hydrogens (tertiary/aromatic N) is 6. The van der Waals surface area contributed by atoms with Crippen molar-refractivity contribution in [3.05, 3.63) is 94.6 Å². The van der Waals surface area contributed by atoms with Gasteiger partial charge >= 0.3 is 24.2 Å². The molecule has 18 heteroatoms. The van der Waals surface area contributed by atoms with Crippen LogP contribution in [0.25, 0.3) is 22.1 Å². The summed E-state index contributed by atoms with van der Waals surface area (Å²) in [5, 5.41) is 3.51. The molecule has 0 radical (unpaired) electrons. The molecule has 11 rings (SSSR count). The van der Waals surface area contributed by atoms with Gasteiger partial charge in [-0.1, -0.05) is 0 Å². The van der Waals surface area contributed by atoms with Gasteiger partial charge in [-0.3, -0.25) is 29.5 Å². The number of rotatable bonds is 0. The third kappa shape index (κ3) is 7.61. The number of nitrogens with two attached hydrogens (primary N) is 2. The number of hydrogen-bond donors (Lipinski definition) is 3. The van der Waals surface area contributed by atoms with E-state index in [4.69, 9.17) is 11.5 Å². The zero-order valence-corrected chi connectivity index (χ0v) is 33.8. The van der Waals surface area contributed by atoms with Crippen molar-refractivity contribution in [3.8, 4) is 0 Å². The summed E-state index contributed by atoms with van der Waals surface area (Å²) in [4.78, 5) is 42.0. The Hall–Kier alpha value is -4.85. The van der Waals surface area contributed by atoms with Gasteiger partial charge in [-0.25, -0.2) is 0 Å². The predicted octanol–water partition coefficient (Wildman–Crippen LogP) is 6.85. The Morgan fingerprint density at radius 2 is 0.780 bits per heavy atom. The summed E-state index contributed by atoms with van der Waals surface area (Å²) in [6.45, 7) is 2.65. The van der Waals surface area contributed by atoms with E-state index in [1.165, 1.54) is 17.5 Å². The second kappa shape index (κ2) is 15.3. The van der Waals surface area contributed by atoms with Crippen molar-refractivity contribution in [2.24, 2.45) is 0 Å². The van der Waals surface area contributed by atoms with E-state index in [1.807, 2.05) is 12.1 Å². The molecule has 2 aromatic heterocycles. The number of alkyl halides is 6.